The Morgan fingerprint density at radius 3 is 2.35 bits per heavy atom. The minimum atomic E-state index is -5.08. The van der Waals surface area contributed by atoms with Gasteiger partial charge in [0.1, 0.15) is 0 Å². The van der Waals surface area contributed by atoms with Gasteiger partial charge in [-0.15, -0.1) is 5.10 Å². The predicted octanol–water partition coefficient (Wildman–Crippen LogP) is 2.58. The SMILES string of the molecule is O=C(O)C(F)(F)F.O=C(c1ccco1)N1CCC(n2cc(CN3CCCC3)nn2)CC1. The summed E-state index contributed by atoms with van der Waals surface area (Å²) < 4.78 is 38.9. The molecule has 2 aliphatic rings. The lowest BCUT2D eigenvalue weighted by Crippen LogP contribution is -2.39. The van der Waals surface area contributed by atoms with Crippen molar-refractivity contribution in [3.8, 4) is 0 Å². The standard InChI is InChI=1S/C17H23N5O2.C2HF3O2/c23-17(16-4-3-11-24-16)21-9-5-15(6-10-21)22-13-14(18-19-22)12-20-7-1-2-8-20;3-2(4,5)1(6)7/h3-4,11,13,15H,1-2,5-10,12H2;(H,6,7). The van der Waals surface area contributed by atoms with Gasteiger partial charge in [-0.1, -0.05) is 5.21 Å². The topological polar surface area (TPSA) is 105 Å². The smallest absolute Gasteiger partial charge is 0.475 e. The molecule has 1 N–H and O–H groups in total. The summed E-state index contributed by atoms with van der Waals surface area (Å²) in [4.78, 5) is 25.5. The van der Waals surface area contributed by atoms with E-state index in [4.69, 9.17) is 14.3 Å². The molecule has 9 nitrogen and oxygen atoms in total. The normalized spacial score (nSPS) is 18.0. The van der Waals surface area contributed by atoms with Crippen LogP contribution in [0.3, 0.4) is 0 Å². The molecule has 0 radical (unpaired) electrons. The maximum Gasteiger partial charge on any atom is 0.490 e. The molecule has 0 bridgehead atoms. The summed E-state index contributed by atoms with van der Waals surface area (Å²) in [5.74, 6) is -2.36. The van der Waals surface area contributed by atoms with Crippen LogP contribution in [0.5, 0.6) is 0 Å². The van der Waals surface area contributed by atoms with E-state index in [0.29, 0.717) is 11.8 Å². The van der Waals surface area contributed by atoms with Crippen molar-refractivity contribution in [2.45, 2.75) is 44.4 Å². The number of nitrogens with zero attached hydrogens (tertiary/aromatic N) is 5. The molecule has 2 aromatic heterocycles. The lowest BCUT2D eigenvalue weighted by atomic mass is 10.1. The Hall–Kier alpha value is -2.89. The summed E-state index contributed by atoms with van der Waals surface area (Å²) in [6.07, 6.45) is 2.91. The van der Waals surface area contributed by atoms with E-state index in [1.807, 2.05) is 9.58 Å². The van der Waals surface area contributed by atoms with E-state index in [1.165, 1.54) is 32.2 Å². The van der Waals surface area contributed by atoms with E-state index < -0.39 is 12.1 Å². The minimum absolute atomic E-state index is 0.0215. The van der Waals surface area contributed by atoms with Crippen LogP contribution in [-0.2, 0) is 11.3 Å². The van der Waals surface area contributed by atoms with Gasteiger partial charge in [0.2, 0.25) is 0 Å². The Morgan fingerprint density at radius 1 is 1.16 bits per heavy atom. The predicted molar refractivity (Wildman–Crippen MR) is 101 cm³/mol. The molecule has 2 aromatic rings. The van der Waals surface area contributed by atoms with Crippen molar-refractivity contribution in [2.75, 3.05) is 26.2 Å². The monoisotopic (exact) mass is 443 g/mol. The van der Waals surface area contributed by atoms with Crippen molar-refractivity contribution in [3.63, 3.8) is 0 Å². The van der Waals surface area contributed by atoms with Gasteiger partial charge in [0.15, 0.2) is 5.76 Å². The Labute approximate surface area is 176 Å². The van der Waals surface area contributed by atoms with Crippen LogP contribution in [0.1, 0.15) is 48.0 Å². The first-order valence-electron chi connectivity index (χ1n) is 10.00. The van der Waals surface area contributed by atoms with Gasteiger partial charge in [-0.25, -0.2) is 9.48 Å². The molecule has 4 heterocycles. The molecule has 0 unspecified atom stereocenters. The van der Waals surface area contributed by atoms with Gasteiger partial charge in [-0.05, 0) is 50.9 Å². The van der Waals surface area contributed by atoms with Crippen molar-refractivity contribution < 1.29 is 32.3 Å². The number of rotatable bonds is 4. The van der Waals surface area contributed by atoms with Gasteiger partial charge in [0.05, 0.1) is 24.2 Å². The zero-order valence-electron chi connectivity index (χ0n) is 16.8. The van der Waals surface area contributed by atoms with Crippen LogP contribution >= 0.6 is 0 Å². The third-order valence-corrected chi connectivity index (χ3v) is 5.24. The van der Waals surface area contributed by atoms with Gasteiger partial charge >= 0.3 is 12.1 Å². The largest absolute Gasteiger partial charge is 0.490 e. The number of hydrogen-bond donors (Lipinski definition) is 1. The Balaban J connectivity index is 0.000000339. The molecule has 2 fully saturated rings. The molecule has 170 valence electrons. The number of piperidine rings is 1. The number of carboxylic acid groups (broad SMARTS) is 1. The molecular formula is C19H24F3N5O4. The number of likely N-dealkylation sites (tertiary alicyclic amines) is 2. The van der Waals surface area contributed by atoms with Gasteiger partial charge < -0.3 is 14.4 Å². The molecule has 0 saturated carbocycles. The fourth-order valence-electron chi connectivity index (χ4n) is 3.62. The number of carboxylic acids is 1. The average molecular weight is 443 g/mol. The lowest BCUT2D eigenvalue weighted by molar-refractivity contribution is -0.192. The quantitative estimate of drug-likeness (QED) is 0.774. The summed E-state index contributed by atoms with van der Waals surface area (Å²) in [7, 11) is 0. The van der Waals surface area contributed by atoms with Crippen LogP contribution in [-0.4, -0.2) is 74.1 Å². The molecule has 2 aliphatic heterocycles. The number of furan rings is 1. The number of alkyl halides is 3. The third kappa shape index (κ3) is 6.29. The fourth-order valence-corrected chi connectivity index (χ4v) is 3.62. The van der Waals surface area contributed by atoms with Crippen molar-refractivity contribution in [3.05, 3.63) is 36.0 Å². The molecule has 0 atom stereocenters. The highest BCUT2D eigenvalue weighted by atomic mass is 19.4. The maximum atomic E-state index is 12.3. The summed E-state index contributed by atoms with van der Waals surface area (Å²) in [6.45, 7) is 4.69. The number of aliphatic carboxylic acids is 1. The van der Waals surface area contributed by atoms with Gasteiger partial charge in [-0.2, -0.15) is 13.2 Å². The molecule has 2 saturated heterocycles. The number of hydrogen-bond acceptors (Lipinski definition) is 6. The van der Waals surface area contributed by atoms with Crippen LogP contribution in [0.15, 0.2) is 29.0 Å². The Kier molecular flexibility index (Phi) is 7.31. The van der Waals surface area contributed by atoms with Crippen LogP contribution in [0.4, 0.5) is 13.2 Å². The van der Waals surface area contributed by atoms with E-state index in [-0.39, 0.29) is 5.91 Å². The first-order chi connectivity index (χ1) is 14.7. The van der Waals surface area contributed by atoms with E-state index in [1.54, 1.807) is 12.1 Å². The highest BCUT2D eigenvalue weighted by Gasteiger charge is 2.38. The van der Waals surface area contributed by atoms with Crippen LogP contribution in [0, 0.1) is 0 Å². The van der Waals surface area contributed by atoms with Crippen LogP contribution in [0.2, 0.25) is 0 Å². The number of aromatic nitrogens is 3. The Morgan fingerprint density at radius 2 is 1.81 bits per heavy atom. The average Bonchev–Trinajstić information content (AvgIpc) is 3.51. The number of halogens is 3. The Bertz CT molecular complexity index is 854. The zero-order chi connectivity index (χ0) is 22.4. The molecule has 0 aliphatic carbocycles. The molecular weight excluding hydrogens is 419 g/mol. The minimum Gasteiger partial charge on any atom is -0.475 e. The van der Waals surface area contributed by atoms with Gasteiger partial charge in [-0.3, -0.25) is 9.69 Å². The second kappa shape index (κ2) is 9.94. The summed E-state index contributed by atoms with van der Waals surface area (Å²) in [5, 5.41) is 15.8. The summed E-state index contributed by atoms with van der Waals surface area (Å²) in [6, 6.07) is 3.79. The van der Waals surface area contributed by atoms with Crippen molar-refractivity contribution in [2.24, 2.45) is 0 Å². The van der Waals surface area contributed by atoms with Crippen LogP contribution in [0.25, 0.3) is 0 Å². The fraction of sp³-hybridized carbons (Fsp3) is 0.579. The van der Waals surface area contributed by atoms with E-state index >= 15 is 0 Å². The van der Waals surface area contributed by atoms with Gasteiger partial charge in [0.25, 0.3) is 5.91 Å². The highest BCUT2D eigenvalue weighted by Crippen LogP contribution is 2.23. The maximum absolute atomic E-state index is 12.3. The van der Waals surface area contributed by atoms with Gasteiger partial charge in [0, 0.05) is 19.6 Å². The van der Waals surface area contributed by atoms with Crippen molar-refractivity contribution in [1.82, 2.24) is 24.8 Å². The number of carbonyl (C=O) groups is 2. The number of carbonyl (C=O) groups excluding carboxylic acids is 1. The third-order valence-electron chi connectivity index (χ3n) is 5.24. The number of amides is 1. The first-order valence-corrected chi connectivity index (χ1v) is 10.00. The molecule has 31 heavy (non-hydrogen) atoms. The molecule has 0 aromatic carbocycles. The van der Waals surface area contributed by atoms with E-state index in [2.05, 4.69) is 21.4 Å². The van der Waals surface area contributed by atoms with E-state index in [0.717, 1.165) is 38.2 Å². The van der Waals surface area contributed by atoms with Crippen molar-refractivity contribution >= 4 is 11.9 Å². The second-order valence-electron chi connectivity index (χ2n) is 7.48. The molecule has 12 heteroatoms. The lowest BCUT2D eigenvalue weighted by Gasteiger charge is -2.31. The first kappa shape index (κ1) is 22.8. The van der Waals surface area contributed by atoms with E-state index in [9.17, 15) is 18.0 Å². The second-order valence-corrected chi connectivity index (χ2v) is 7.48. The molecule has 4 rings (SSSR count). The van der Waals surface area contributed by atoms with Crippen LogP contribution < -0.4 is 0 Å². The highest BCUT2D eigenvalue weighted by molar-refractivity contribution is 5.91. The molecule has 1 amide bonds. The summed E-state index contributed by atoms with van der Waals surface area (Å²) >= 11 is 0. The molecule has 0 spiro atoms. The summed E-state index contributed by atoms with van der Waals surface area (Å²) in [5.41, 5.74) is 1.05. The zero-order valence-corrected chi connectivity index (χ0v) is 16.8. The van der Waals surface area contributed by atoms with Crippen molar-refractivity contribution in [1.29, 1.82) is 0 Å².